The smallest absolute Gasteiger partial charge is 0.364 e. The van der Waals surface area contributed by atoms with Gasteiger partial charge in [0.05, 0.1) is 0 Å². The Kier molecular flexibility index (Phi) is 2.33. The van der Waals surface area contributed by atoms with Crippen molar-refractivity contribution in [1.29, 1.82) is 0 Å². The molecule has 0 aromatic carbocycles. The number of aromatic amines is 1. The van der Waals surface area contributed by atoms with Crippen molar-refractivity contribution in [2.45, 2.75) is 6.18 Å². The number of aromatic nitrogens is 1. The minimum atomic E-state index is -4.89. The summed E-state index contributed by atoms with van der Waals surface area (Å²) in [5, 5.41) is 0. The Morgan fingerprint density at radius 1 is 1.43 bits per heavy atom. The molecular formula is C7H5F3N2O2. The van der Waals surface area contributed by atoms with Crippen LogP contribution in [0.1, 0.15) is 16.1 Å². The van der Waals surface area contributed by atoms with E-state index in [1.54, 1.807) is 0 Å². The van der Waals surface area contributed by atoms with Crippen LogP contribution in [0.5, 0.6) is 0 Å². The molecule has 7 heteroatoms. The lowest BCUT2D eigenvalue weighted by Crippen LogP contribution is -2.27. The fourth-order valence-electron chi connectivity index (χ4n) is 0.955. The van der Waals surface area contributed by atoms with Crippen LogP contribution in [0.2, 0.25) is 0 Å². The summed E-state index contributed by atoms with van der Waals surface area (Å²) in [6, 6.07) is 0.676. The first-order valence-corrected chi connectivity index (χ1v) is 3.42. The topological polar surface area (TPSA) is 76.0 Å². The minimum absolute atomic E-state index is 0.676. The molecule has 1 aromatic rings. The zero-order valence-corrected chi connectivity index (χ0v) is 6.68. The predicted octanol–water partition coefficient (Wildman–Crippen LogP) is 0.493. The Morgan fingerprint density at radius 3 is 2.36 bits per heavy atom. The zero-order valence-electron chi connectivity index (χ0n) is 6.68. The van der Waals surface area contributed by atoms with Gasteiger partial charge in [-0.3, -0.25) is 9.59 Å². The first-order valence-electron chi connectivity index (χ1n) is 3.42. The summed E-state index contributed by atoms with van der Waals surface area (Å²) in [4.78, 5) is 23.4. The highest BCUT2D eigenvalue weighted by Gasteiger charge is 2.37. The highest BCUT2D eigenvalue weighted by Crippen LogP contribution is 2.28. The summed E-state index contributed by atoms with van der Waals surface area (Å²) in [5.74, 6) is -1.32. The Morgan fingerprint density at radius 2 is 2.00 bits per heavy atom. The van der Waals surface area contributed by atoms with E-state index in [2.05, 4.69) is 5.73 Å². The molecule has 76 valence electrons. The highest BCUT2D eigenvalue weighted by molar-refractivity contribution is 5.92. The molecule has 0 saturated heterocycles. The maximum Gasteiger partial charge on any atom is 0.422 e. The van der Waals surface area contributed by atoms with E-state index in [0.29, 0.717) is 6.07 Å². The number of amides is 1. The molecule has 0 aliphatic rings. The van der Waals surface area contributed by atoms with E-state index in [0.717, 1.165) is 6.20 Å². The van der Waals surface area contributed by atoms with Gasteiger partial charge in [0.2, 0.25) is 0 Å². The van der Waals surface area contributed by atoms with Crippen LogP contribution < -0.4 is 11.2 Å². The number of carbonyl (C=O) groups is 1. The normalized spacial score (nSPS) is 11.4. The van der Waals surface area contributed by atoms with Gasteiger partial charge in [-0.2, -0.15) is 13.2 Å². The molecule has 0 spiro atoms. The number of hydrogen-bond acceptors (Lipinski definition) is 2. The Balaban J connectivity index is 3.54. The third kappa shape index (κ3) is 1.76. The van der Waals surface area contributed by atoms with Gasteiger partial charge in [0.25, 0.3) is 5.91 Å². The fourth-order valence-corrected chi connectivity index (χ4v) is 0.955. The second-order valence-corrected chi connectivity index (χ2v) is 2.45. The van der Waals surface area contributed by atoms with Crippen molar-refractivity contribution in [2.75, 3.05) is 0 Å². The van der Waals surface area contributed by atoms with E-state index in [9.17, 15) is 22.8 Å². The standard InChI is InChI=1S/C7H5F3N2O2/c8-7(9,10)4-3(13)1-2-12-5(4)6(11)14/h1-2H,(H2,11,14)(H,12,13). The molecule has 0 radical (unpaired) electrons. The highest BCUT2D eigenvalue weighted by atomic mass is 19.4. The van der Waals surface area contributed by atoms with Gasteiger partial charge >= 0.3 is 6.18 Å². The Hall–Kier alpha value is -1.79. The first-order chi connectivity index (χ1) is 6.34. The summed E-state index contributed by atoms with van der Waals surface area (Å²) in [6.07, 6.45) is -3.96. The molecule has 0 atom stereocenters. The van der Waals surface area contributed by atoms with Gasteiger partial charge in [0.1, 0.15) is 11.3 Å². The Labute approximate surface area is 75.5 Å². The van der Waals surface area contributed by atoms with E-state index in [-0.39, 0.29) is 0 Å². The van der Waals surface area contributed by atoms with E-state index in [1.807, 2.05) is 4.98 Å². The number of nitrogens with one attached hydrogen (secondary N) is 1. The average Bonchev–Trinajstić information content (AvgIpc) is 2.01. The van der Waals surface area contributed by atoms with Gasteiger partial charge in [0.15, 0.2) is 5.43 Å². The number of rotatable bonds is 1. The van der Waals surface area contributed by atoms with Crippen molar-refractivity contribution in [3.05, 3.63) is 33.7 Å². The molecule has 0 bridgehead atoms. The second-order valence-electron chi connectivity index (χ2n) is 2.45. The van der Waals surface area contributed by atoms with Crippen molar-refractivity contribution in [2.24, 2.45) is 5.73 Å². The number of carbonyl (C=O) groups excluding carboxylic acids is 1. The van der Waals surface area contributed by atoms with Crippen molar-refractivity contribution >= 4 is 5.91 Å². The molecule has 0 aliphatic heterocycles. The van der Waals surface area contributed by atoms with Crippen LogP contribution in [-0.2, 0) is 6.18 Å². The van der Waals surface area contributed by atoms with Gasteiger partial charge in [-0.25, -0.2) is 0 Å². The molecule has 1 rings (SSSR count). The predicted molar refractivity (Wildman–Crippen MR) is 40.6 cm³/mol. The van der Waals surface area contributed by atoms with Crippen molar-refractivity contribution < 1.29 is 18.0 Å². The number of nitrogens with two attached hydrogens (primary N) is 1. The average molecular weight is 206 g/mol. The van der Waals surface area contributed by atoms with Crippen LogP contribution in [0.25, 0.3) is 0 Å². The number of alkyl halides is 3. The second kappa shape index (κ2) is 3.17. The summed E-state index contributed by atoms with van der Waals surface area (Å²) >= 11 is 0. The molecule has 14 heavy (non-hydrogen) atoms. The summed E-state index contributed by atoms with van der Waals surface area (Å²) in [7, 11) is 0. The molecular weight excluding hydrogens is 201 g/mol. The number of primary amides is 1. The van der Waals surface area contributed by atoms with E-state index < -0.39 is 28.8 Å². The van der Waals surface area contributed by atoms with Crippen LogP contribution in [0, 0.1) is 0 Å². The fraction of sp³-hybridized carbons (Fsp3) is 0.143. The third-order valence-corrected chi connectivity index (χ3v) is 1.49. The van der Waals surface area contributed by atoms with Crippen LogP contribution in [0.3, 0.4) is 0 Å². The van der Waals surface area contributed by atoms with Gasteiger partial charge in [0, 0.05) is 12.3 Å². The molecule has 1 aromatic heterocycles. The van der Waals surface area contributed by atoms with Gasteiger partial charge in [-0.1, -0.05) is 0 Å². The molecule has 4 nitrogen and oxygen atoms in total. The lowest BCUT2D eigenvalue weighted by molar-refractivity contribution is -0.139. The Bertz CT molecular complexity index is 422. The SMILES string of the molecule is NC(=O)c1[nH]ccc(=O)c1C(F)(F)F. The maximum atomic E-state index is 12.2. The molecule has 0 fully saturated rings. The van der Waals surface area contributed by atoms with E-state index in [1.165, 1.54) is 0 Å². The lowest BCUT2D eigenvalue weighted by Gasteiger charge is -2.08. The quantitative estimate of drug-likeness (QED) is 0.701. The zero-order chi connectivity index (χ0) is 10.9. The maximum absolute atomic E-state index is 12.2. The molecule has 0 aliphatic carbocycles. The minimum Gasteiger partial charge on any atom is -0.364 e. The van der Waals surface area contributed by atoms with Crippen LogP contribution in [0.4, 0.5) is 13.2 Å². The van der Waals surface area contributed by atoms with Gasteiger partial charge in [-0.15, -0.1) is 0 Å². The molecule has 0 saturated carbocycles. The van der Waals surface area contributed by atoms with E-state index in [4.69, 9.17) is 0 Å². The van der Waals surface area contributed by atoms with Crippen LogP contribution >= 0.6 is 0 Å². The third-order valence-electron chi connectivity index (χ3n) is 1.49. The molecule has 1 amide bonds. The number of H-pyrrole nitrogens is 1. The monoisotopic (exact) mass is 206 g/mol. The van der Waals surface area contributed by atoms with Crippen molar-refractivity contribution in [3.8, 4) is 0 Å². The van der Waals surface area contributed by atoms with Crippen molar-refractivity contribution in [3.63, 3.8) is 0 Å². The number of hydrogen-bond donors (Lipinski definition) is 2. The summed E-state index contributed by atoms with van der Waals surface area (Å²) in [5.41, 5.74) is 0.896. The van der Waals surface area contributed by atoms with Gasteiger partial charge < -0.3 is 10.7 Å². The molecule has 0 unspecified atom stereocenters. The van der Waals surface area contributed by atoms with E-state index >= 15 is 0 Å². The van der Waals surface area contributed by atoms with Crippen LogP contribution in [0.15, 0.2) is 17.1 Å². The summed E-state index contributed by atoms with van der Waals surface area (Å²) in [6.45, 7) is 0. The van der Waals surface area contributed by atoms with Gasteiger partial charge in [-0.05, 0) is 0 Å². The van der Waals surface area contributed by atoms with Crippen LogP contribution in [-0.4, -0.2) is 10.9 Å². The van der Waals surface area contributed by atoms with Crippen molar-refractivity contribution in [1.82, 2.24) is 4.98 Å². The number of pyridine rings is 1. The first kappa shape index (κ1) is 10.3. The lowest BCUT2D eigenvalue weighted by atomic mass is 10.1. The molecule has 1 heterocycles. The number of halogens is 3. The molecule has 3 N–H and O–H groups in total. The summed E-state index contributed by atoms with van der Waals surface area (Å²) < 4.78 is 36.7. The largest absolute Gasteiger partial charge is 0.422 e.